The van der Waals surface area contributed by atoms with Gasteiger partial charge in [-0.15, -0.1) is 0 Å². The summed E-state index contributed by atoms with van der Waals surface area (Å²) in [7, 11) is 2.05. The molecule has 1 aliphatic rings. The molecule has 1 saturated heterocycles. The number of aromatic nitrogens is 3. The molecule has 2 aromatic heterocycles. The van der Waals surface area contributed by atoms with Gasteiger partial charge >= 0.3 is 0 Å². The molecule has 0 atom stereocenters. The molecule has 3 heterocycles. The van der Waals surface area contributed by atoms with E-state index in [0.717, 1.165) is 29.9 Å². The van der Waals surface area contributed by atoms with Crippen LogP contribution in [0.2, 0.25) is 0 Å². The Kier molecular flexibility index (Phi) is 4.30. The minimum absolute atomic E-state index is 0.288. The highest BCUT2D eigenvalue weighted by atomic mass is 19.1. The third-order valence-corrected chi connectivity index (χ3v) is 5.05. The van der Waals surface area contributed by atoms with E-state index >= 15 is 0 Å². The van der Waals surface area contributed by atoms with Crippen molar-refractivity contribution in [3.05, 3.63) is 60.4 Å². The second kappa shape index (κ2) is 6.63. The highest BCUT2D eigenvalue weighted by molar-refractivity contribution is 5.78. The zero-order valence-electron chi connectivity index (χ0n) is 14.6. The van der Waals surface area contributed by atoms with Crippen molar-refractivity contribution in [2.75, 3.05) is 20.1 Å². The maximum absolute atomic E-state index is 13.3. The van der Waals surface area contributed by atoms with Gasteiger partial charge in [-0.1, -0.05) is 0 Å². The molecule has 0 radical (unpaired) electrons. The molecule has 1 aliphatic heterocycles. The van der Waals surface area contributed by atoms with Gasteiger partial charge in [0.2, 0.25) is 0 Å². The SMILES string of the molecule is CN1CCC(O)(c2nc(-c3ccc(F)cc3)c(-c3ccncc3)[nH]2)CC1. The topological polar surface area (TPSA) is 65.0 Å². The number of nitrogens with zero attached hydrogens (tertiary/aromatic N) is 3. The summed E-state index contributed by atoms with van der Waals surface area (Å²) in [6.45, 7) is 1.63. The van der Waals surface area contributed by atoms with Crippen molar-refractivity contribution in [3.63, 3.8) is 0 Å². The standard InChI is InChI=1S/C20H21FN4O/c1-25-12-8-20(26,9-13-25)19-23-17(14-2-4-16(21)5-3-14)18(24-19)15-6-10-22-11-7-15/h2-7,10-11,26H,8-9,12-13H2,1H3,(H,23,24). The van der Waals surface area contributed by atoms with Crippen molar-refractivity contribution in [2.45, 2.75) is 18.4 Å². The van der Waals surface area contributed by atoms with E-state index in [1.807, 2.05) is 19.2 Å². The molecular weight excluding hydrogens is 331 g/mol. The van der Waals surface area contributed by atoms with Gasteiger partial charge in [-0.05, 0) is 56.3 Å². The van der Waals surface area contributed by atoms with Crippen LogP contribution in [0.5, 0.6) is 0 Å². The Morgan fingerprint density at radius 3 is 2.35 bits per heavy atom. The molecule has 26 heavy (non-hydrogen) atoms. The number of aliphatic hydroxyl groups is 1. The van der Waals surface area contributed by atoms with Crippen LogP contribution in [0.1, 0.15) is 18.7 Å². The van der Waals surface area contributed by atoms with E-state index in [4.69, 9.17) is 4.98 Å². The molecule has 1 aromatic carbocycles. The Morgan fingerprint density at radius 1 is 1.04 bits per heavy atom. The number of hydrogen-bond acceptors (Lipinski definition) is 4. The highest BCUT2D eigenvalue weighted by Crippen LogP contribution is 2.36. The van der Waals surface area contributed by atoms with E-state index in [1.165, 1.54) is 12.1 Å². The number of likely N-dealkylation sites (tertiary alicyclic amines) is 1. The summed E-state index contributed by atoms with van der Waals surface area (Å²) in [5.41, 5.74) is 2.26. The third-order valence-electron chi connectivity index (χ3n) is 5.05. The van der Waals surface area contributed by atoms with Crippen LogP contribution in [0.25, 0.3) is 22.5 Å². The lowest BCUT2D eigenvalue weighted by Gasteiger charge is -2.35. The lowest BCUT2D eigenvalue weighted by atomic mass is 9.91. The smallest absolute Gasteiger partial charge is 0.139 e. The van der Waals surface area contributed by atoms with Crippen molar-refractivity contribution in [1.29, 1.82) is 0 Å². The minimum Gasteiger partial charge on any atom is -0.382 e. The number of nitrogens with one attached hydrogen (secondary N) is 1. The summed E-state index contributed by atoms with van der Waals surface area (Å²) in [5.74, 6) is 0.278. The predicted octanol–water partition coefficient (Wildman–Crippen LogP) is 3.19. The van der Waals surface area contributed by atoms with Crippen molar-refractivity contribution >= 4 is 0 Å². The number of piperidine rings is 1. The Morgan fingerprint density at radius 2 is 1.69 bits per heavy atom. The van der Waals surface area contributed by atoms with E-state index in [1.54, 1.807) is 24.5 Å². The molecule has 0 amide bonds. The van der Waals surface area contributed by atoms with Crippen LogP contribution in [0.3, 0.4) is 0 Å². The summed E-state index contributed by atoms with van der Waals surface area (Å²) in [6.07, 6.45) is 4.68. The minimum atomic E-state index is -0.980. The first kappa shape index (κ1) is 16.9. The molecule has 0 saturated carbocycles. The van der Waals surface area contributed by atoms with Crippen molar-refractivity contribution < 1.29 is 9.50 Å². The lowest BCUT2D eigenvalue weighted by Crippen LogP contribution is -2.41. The monoisotopic (exact) mass is 352 g/mol. The Balaban J connectivity index is 1.81. The van der Waals surface area contributed by atoms with Crippen LogP contribution in [-0.4, -0.2) is 45.1 Å². The van der Waals surface area contributed by atoms with Crippen molar-refractivity contribution in [3.8, 4) is 22.5 Å². The van der Waals surface area contributed by atoms with E-state index in [9.17, 15) is 9.50 Å². The molecule has 4 rings (SSSR count). The van der Waals surface area contributed by atoms with Gasteiger partial charge in [0.05, 0.1) is 11.4 Å². The van der Waals surface area contributed by atoms with Crippen LogP contribution in [0.4, 0.5) is 4.39 Å². The maximum atomic E-state index is 13.3. The van der Waals surface area contributed by atoms with E-state index in [-0.39, 0.29) is 5.82 Å². The largest absolute Gasteiger partial charge is 0.382 e. The van der Waals surface area contributed by atoms with Crippen LogP contribution in [0.15, 0.2) is 48.8 Å². The van der Waals surface area contributed by atoms with Gasteiger partial charge in [-0.25, -0.2) is 9.37 Å². The van der Waals surface area contributed by atoms with E-state index in [2.05, 4.69) is 14.9 Å². The Bertz CT molecular complexity index is 884. The predicted molar refractivity (Wildman–Crippen MR) is 97.8 cm³/mol. The quantitative estimate of drug-likeness (QED) is 0.760. The van der Waals surface area contributed by atoms with Gasteiger partial charge in [0.15, 0.2) is 0 Å². The second-order valence-corrected chi connectivity index (χ2v) is 6.89. The summed E-state index contributed by atoms with van der Waals surface area (Å²) >= 11 is 0. The van der Waals surface area contributed by atoms with Crippen LogP contribution >= 0.6 is 0 Å². The lowest BCUT2D eigenvalue weighted by molar-refractivity contribution is -0.0269. The fourth-order valence-electron chi connectivity index (χ4n) is 3.36. The summed E-state index contributed by atoms with van der Waals surface area (Å²) in [6, 6.07) is 10.0. The number of benzene rings is 1. The molecule has 1 fully saturated rings. The number of hydrogen-bond donors (Lipinski definition) is 2. The number of rotatable bonds is 3. The van der Waals surface area contributed by atoms with Gasteiger partial charge < -0.3 is 15.0 Å². The summed E-state index contributed by atoms with van der Waals surface area (Å²) in [5, 5.41) is 11.1. The molecule has 0 bridgehead atoms. The van der Waals surface area contributed by atoms with Gasteiger partial charge in [0, 0.05) is 36.6 Å². The number of aromatic amines is 1. The van der Waals surface area contributed by atoms with Gasteiger partial charge in [-0.3, -0.25) is 4.98 Å². The highest BCUT2D eigenvalue weighted by Gasteiger charge is 2.36. The van der Waals surface area contributed by atoms with Crippen molar-refractivity contribution in [1.82, 2.24) is 19.9 Å². The van der Waals surface area contributed by atoms with Crippen LogP contribution < -0.4 is 0 Å². The first-order chi connectivity index (χ1) is 12.5. The normalized spacial score (nSPS) is 17.3. The molecule has 0 spiro atoms. The number of H-pyrrole nitrogens is 1. The fraction of sp³-hybridized carbons (Fsp3) is 0.300. The van der Waals surface area contributed by atoms with Crippen LogP contribution in [-0.2, 0) is 5.60 Å². The van der Waals surface area contributed by atoms with E-state index in [0.29, 0.717) is 24.4 Å². The molecule has 2 N–H and O–H groups in total. The first-order valence-corrected chi connectivity index (χ1v) is 8.73. The molecule has 6 heteroatoms. The van der Waals surface area contributed by atoms with Gasteiger partial charge in [0.1, 0.15) is 17.2 Å². The van der Waals surface area contributed by atoms with Crippen molar-refractivity contribution in [2.24, 2.45) is 0 Å². The fourth-order valence-corrected chi connectivity index (χ4v) is 3.36. The zero-order chi connectivity index (χ0) is 18.1. The number of halogens is 1. The summed E-state index contributed by atoms with van der Waals surface area (Å²) < 4.78 is 13.3. The van der Waals surface area contributed by atoms with Crippen LogP contribution in [0, 0.1) is 5.82 Å². The third kappa shape index (κ3) is 3.13. The average molecular weight is 352 g/mol. The first-order valence-electron chi connectivity index (χ1n) is 8.73. The molecule has 0 unspecified atom stereocenters. The maximum Gasteiger partial charge on any atom is 0.139 e. The van der Waals surface area contributed by atoms with Gasteiger partial charge in [0.25, 0.3) is 0 Å². The molecule has 5 nitrogen and oxygen atoms in total. The Labute approximate surface area is 151 Å². The van der Waals surface area contributed by atoms with Gasteiger partial charge in [-0.2, -0.15) is 0 Å². The second-order valence-electron chi connectivity index (χ2n) is 6.89. The molecule has 134 valence electrons. The Hall–Kier alpha value is -2.57. The molecular formula is C20H21FN4O. The number of pyridine rings is 1. The zero-order valence-corrected chi connectivity index (χ0v) is 14.6. The summed E-state index contributed by atoms with van der Waals surface area (Å²) in [4.78, 5) is 14.3. The van der Waals surface area contributed by atoms with E-state index < -0.39 is 5.60 Å². The molecule has 0 aliphatic carbocycles. The average Bonchev–Trinajstić information content (AvgIpc) is 3.12. The number of imidazole rings is 1. The molecule has 3 aromatic rings.